The molecule has 0 aliphatic carbocycles. The van der Waals surface area contributed by atoms with Gasteiger partial charge in [0.1, 0.15) is 5.75 Å². The van der Waals surface area contributed by atoms with E-state index in [0.717, 1.165) is 25.3 Å². The highest BCUT2D eigenvalue weighted by Crippen LogP contribution is 2.29. The Bertz CT molecular complexity index is 358. The summed E-state index contributed by atoms with van der Waals surface area (Å²) in [6, 6.07) is 2.14. The van der Waals surface area contributed by atoms with Crippen molar-refractivity contribution in [2.45, 2.75) is 26.8 Å². The number of nitrogens with one attached hydrogen (secondary N) is 1. The average Bonchev–Trinajstić information content (AvgIpc) is 2.23. The van der Waals surface area contributed by atoms with Crippen molar-refractivity contribution in [3.05, 3.63) is 28.3 Å². The number of rotatable bonds is 1. The molecule has 76 valence electrons. The molecule has 1 heterocycles. The zero-order valence-corrected chi connectivity index (χ0v) is 9.11. The Balaban J connectivity index is 2.58. The maximum absolute atomic E-state index is 5.37. The molecule has 1 aromatic rings. The van der Waals surface area contributed by atoms with Gasteiger partial charge in [0, 0.05) is 6.54 Å². The first kappa shape index (κ1) is 9.53. The van der Waals surface area contributed by atoms with Crippen LogP contribution in [0.1, 0.15) is 22.3 Å². The molecule has 14 heavy (non-hydrogen) atoms. The third-order valence-electron chi connectivity index (χ3n) is 3.08. The van der Waals surface area contributed by atoms with E-state index in [2.05, 4.69) is 25.2 Å². The van der Waals surface area contributed by atoms with Crippen LogP contribution in [0.3, 0.4) is 0 Å². The Hall–Kier alpha value is -1.02. The van der Waals surface area contributed by atoms with E-state index in [1.807, 2.05) is 0 Å². The summed E-state index contributed by atoms with van der Waals surface area (Å²) >= 11 is 0. The second kappa shape index (κ2) is 3.62. The number of aryl methyl sites for hydroxylation is 1. The van der Waals surface area contributed by atoms with E-state index in [-0.39, 0.29) is 0 Å². The maximum Gasteiger partial charge on any atom is 0.122 e. The average molecular weight is 191 g/mol. The third-order valence-corrected chi connectivity index (χ3v) is 3.08. The minimum atomic E-state index is 1.01. The lowest BCUT2D eigenvalue weighted by molar-refractivity contribution is 0.409. The SMILES string of the molecule is COc1cc(C)c2c(c1C)CCNC2. The Kier molecular flexibility index (Phi) is 2.46. The van der Waals surface area contributed by atoms with Crippen LogP contribution in [-0.2, 0) is 13.0 Å². The molecule has 0 spiro atoms. The van der Waals surface area contributed by atoms with Crippen LogP contribution in [0.25, 0.3) is 0 Å². The molecule has 0 fully saturated rings. The van der Waals surface area contributed by atoms with Crippen LogP contribution in [0.4, 0.5) is 0 Å². The van der Waals surface area contributed by atoms with Gasteiger partial charge in [-0.1, -0.05) is 0 Å². The van der Waals surface area contributed by atoms with Crippen LogP contribution in [0.2, 0.25) is 0 Å². The van der Waals surface area contributed by atoms with E-state index >= 15 is 0 Å². The number of methoxy groups -OCH3 is 1. The molecule has 2 nitrogen and oxygen atoms in total. The lowest BCUT2D eigenvalue weighted by Gasteiger charge is -2.23. The molecular weight excluding hydrogens is 174 g/mol. The molecule has 0 amide bonds. The first-order valence-corrected chi connectivity index (χ1v) is 5.10. The predicted molar refractivity (Wildman–Crippen MR) is 57.9 cm³/mol. The van der Waals surface area contributed by atoms with Gasteiger partial charge in [-0.3, -0.25) is 0 Å². The van der Waals surface area contributed by atoms with E-state index in [1.54, 1.807) is 7.11 Å². The molecule has 0 atom stereocenters. The topological polar surface area (TPSA) is 21.3 Å². The van der Waals surface area contributed by atoms with Gasteiger partial charge in [0.15, 0.2) is 0 Å². The minimum Gasteiger partial charge on any atom is -0.496 e. The van der Waals surface area contributed by atoms with Crippen LogP contribution < -0.4 is 10.1 Å². The summed E-state index contributed by atoms with van der Waals surface area (Å²) in [6.45, 7) is 6.41. The molecule has 0 aromatic heterocycles. The standard InChI is InChI=1S/C12H17NO/c1-8-6-12(14-3)9(2)10-4-5-13-7-11(8)10/h6,13H,4-5,7H2,1-3H3. The zero-order chi connectivity index (χ0) is 10.1. The summed E-state index contributed by atoms with van der Waals surface area (Å²) in [5, 5.41) is 3.41. The van der Waals surface area contributed by atoms with Crippen molar-refractivity contribution < 1.29 is 4.74 Å². The van der Waals surface area contributed by atoms with Crippen molar-refractivity contribution >= 4 is 0 Å². The lowest BCUT2D eigenvalue weighted by Crippen LogP contribution is -2.25. The second-order valence-corrected chi connectivity index (χ2v) is 3.90. The highest BCUT2D eigenvalue weighted by Gasteiger charge is 2.16. The van der Waals surface area contributed by atoms with E-state index in [4.69, 9.17) is 4.74 Å². The number of hydrogen-bond donors (Lipinski definition) is 1. The van der Waals surface area contributed by atoms with E-state index in [0.29, 0.717) is 0 Å². The van der Waals surface area contributed by atoms with E-state index in [1.165, 1.54) is 22.3 Å². The molecular formula is C12H17NO. The molecule has 2 rings (SSSR count). The summed E-state index contributed by atoms with van der Waals surface area (Å²) < 4.78 is 5.37. The molecule has 0 saturated heterocycles. The Morgan fingerprint density at radius 1 is 1.29 bits per heavy atom. The monoisotopic (exact) mass is 191 g/mol. The van der Waals surface area contributed by atoms with Gasteiger partial charge in [0.25, 0.3) is 0 Å². The summed E-state index contributed by atoms with van der Waals surface area (Å²) in [6.07, 6.45) is 1.12. The molecule has 0 radical (unpaired) electrons. The fourth-order valence-electron chi connectivity index (χ4n) is 2.23. The van der Waals surface area contributed by atoms with Crippen molar-refractivity contribution in [1.29, 1.82) is 0 Å². The normalized spacial score (nSPS) is 15.1. The lowest BCUT2D eigenvalue weighted by atomic mass is 9.92. The highest BCUT2D eigenvalue weighted by molar-refractivity contribution is 5.49. The van der Waals surface area contributed by atoms with Gasteiger partial charge in [-0.25, -0.2) is 0 Å². The van der Waals surface area contributed by atoms with Crippen molar-refractivity contribution in [3.8, 4) is 5.75 Å². The van der Waals surface area contributed by atoms with Crippen LogP contribution in [0.5, 0.6) is 5.75 Å². The van der Waals surface area contributed by atoms with Gasteiger partial charge in [-0.2, -0.15) is 0 Å². The number of hydrogen-bond acceptors (Lipinski definition) is 2. The van der Waals surface area contributed by atoms with Crippen molar-refractivity contribution in [2.75, 3.05) is 13.7 Å². The summed E-state index contributed by atoms with van der Waals surface area (Å²) in [5.41, 5.74) is 5.61. The van der Waals surface area contributed by atoms with Gasteiger partial charge in [-0.05, 0) is 55.1 Å². The molecule has 1 aromatic carbocycles. The number of ether oxygens (including phenoxy) is 1. The van der Waals surface area contributed by atoms with Crippen LogP contribution in [-0.4, -0.2) is 13.7 Å². The summed E-state index contributed by atoms with van der Waals surface area (Å²) in [7, 11) is 1.75. The second-order valence-electron chi connectivity index (χ2n) is 3.90. The predicted octanol–water partition coefficient (Wildman–Crippen LogP) is 1.96. The van der Waals surface area contributed by atoms with Gasteiger partial charge >= 0.3 is 0 Å². The first-order chi connectivity index (χ1) is 6.74. The summed E-state index contributed by atoms with van der Waals surface area (Å²) in [5.74, 6) is 1.03. The molecule has 0 saturated carbocycles. The van der Waals surface area contributed by atoms with E-state index < -0.39 is 0 Å². The van der Waals surface area contributed by atoms with Gasteiger partial charge < -0.3 is 10.1 Å². The minimum absolute atomic E-state index is 1.01. The maximum atomic E-state index is 5.37. The fraction of sp³-hybridized carbons (Fsp3) is 0.500. The van der Waals surface area contributed by atoms with E-state index in [9.17, 15) is 0 Å². The Morgan fingerprint density at radius 2 is 2.07 bits per heavy atom. The quantitative estimate of drug-likeness (QED) is 0.732. The van der Waals surface area contributed by atoms with Crippen LogP contribution in [0.15, 0.2) is 6.07 Å². The largest absolute Gasteiger partial charge is 0.496 e. The molecule has 2 heteroatoms. The van der Waals surface area contributed by atoms with Crippen LogP contribution >= 0.6 is 0 Å². The number of fused-ring (bicyclic) bond motifs is 1. The Labute approximate surface area is 85.3 Å². The molecule has 1 N–H and O–H groups in total. The molecule has 1 aliphatic heterocycles. The van der Waals surface area contributed by atoms with Crippen molar-refractivity contribution in [2.24, 2.45) is 0 Å². The van der Waals surface area contributed by atoms with Gasteiger partial charge in [0.2, 0.25) is 0 Å². The van der Waals surface area contributed by atoms with Crippen molar-refractivity contribution in [1.82, 2.24) is 5.32 Å². The Morgan fingerprint density at radius 3 is 2.79 bits per heavy atom. The third kappa shape index (κ3) is 1.40. The fourth-order valence-corrected chi connectivity index (χ4v) is 2.23. The summed E-state index contributed by atoms with van der Waals surface area (Å²) in [4.78, 5) is 0. The smallest absolute Gasteiger partial charge is 0.122 e. The molecule has 0 unspecified atom stereocenters. The van der Waals surface area contributed by atoms with Gasteiger partial charge in [0.05, 0.1) is 7.11 Å². The van der Waals surface area contributed by atoms with Crippen molar-refractivity contribution in [3.63, 3.8) is 0 Å². The zero-order valence-electron chi connectivity index (χ0n) is 9.11. The molecule has 1 aliphatic rings. The molecule has 0 bridgehead atoms. The van der Waals surface area contributed by atoms with Gasteiger partial charge in [-0.15, -0.1) is 0 Å². The van der Waals surface area contributed by atoms with Crippen LogP contribution in [0, 0.1) is 13.8 Å². The highest BCUT2D eigenvalue weighted by atomic mass is 16.5. The first-order valence-electron chi connectivity index (χ1n) is 5.10. The number of benzene rings is 1.